The molecule has 1 fully saturated rings. The number of ether oxygens (including phenoxy) is 1. The number of rotatable bonds is 7. The number of halogens is 1. The Morgan fingerprint density at radius 3 is 2.95 bits per heavy atom. The fraction of sp³-hybridized carbons (Fsp3) is 0.714. The second-order valence-corrected chi connectivity index (χ2v) is 6.75. The first-order valence-electron chi connectivity index (χ1n) is 7.07. The van der Waals surface area contributed by atoms with Crippen LogP contribution in [-0.4, -0.2) is 40.3 Å². The minimum Gasteiger partial charge on any atom is -0.383 e. The van der Waals surface area contributed by atoms with Gasteiger partial charge in [0.25, 0.3) is 0 Å². The monoisotopic (exact) mass is 316 g/mol. The number of hydrogen-bond donors (Lipinski definition) is 0. The Kier molecular flexibility index (Phi) is 6.39. The van der Waals surface area contributed by atoms with E-state index in [1.54, 1.807) is 23.6 Å². The van der Waals surface area contributed by atoms with Crippen LogP contribution in [0.5, 0.6) is 0 Å². The van der Waals surface area contributed by atoms with E-state index in [0.29, 0.717) is 34.9 Å². The standard InChI is InChI=1S/C14H21ClN2O2S/c1-19-8-7-17-14(12(15)9-16-17)13(18)10-20-11-5-3-2-4-6-11/h9,11H,2-8,10H2,1H3. The highest BCUT2D eigenvalue weighted by molar-refractivity contribution is 8.00. The Morgan fingerprint density at radius 2 is 2.25 bits per heavy atom. The van der Waals surface area contributed by atoms with Gasteiger partial charge in [0.2, 0.25) is 0 Å². The summed E-state index contributed by atoms with van der Waals surface area (Å²) in [4.78, 5) is 12.3. The average molecular weight is 317 g/mol. The molecule has 0 aromatic carbocycles. The van der Waals surface area contributed by atoms with Crippen molar-refractivity contribution in [2.24, 2.45) is 0 Å². The minimum absolute atomic E-state index is 0.0687. The zero-order valence-corrected chi connectivity index (χ0v) is 13.4. The van der Waals surface area contributed by atoms with Gasteiger partial charge in [0.05, 0.1) is 30.1 Å². The van der Waals surface area contributed by atoms with Crippen LogP contribution in [0.15, 0.2) is 6.20 Å². The van der Waals surface area contributed by atoms with Crippen molar-refractivity contribution in [2.45, 2.75) is 43.9 Å². The van der Waals surface area contributed by atoms with Gasteiger partial charge in [-0.25, -0.2) is 0 Å². The molecule has 0 bridgehead atoms. The van der Waals surface area contributed by atoms with E-state index < -0.39 is 0 Å². The summed E-state index contributed by atoms with van der Waals surface area (Å²) in [5.41, 5.74) is 0.520. The summed E-state index contributed by atoms with van der Waals surface area (Å²) in [5, 5.41) is 5.21. The molecule has 0 aliphatic heterocycles. The molecular weight excluding hydrogens is 296 g/mol. The van der Waals surface area contributed by atoms with E-state index in [2.05, 4.69) is 5.10 Å². The first-order valence-corrected chi connectivity index (χ1v) is 8.50. The van der Waals surface area contributed by atoms with Gasteiger partial charge < -0.3 is 4.74 Å². The zero-order chi connectivity index (χ0) is 14.4. The third-order valence-corrected chi connectivity index (χ3v) is 5.22. The highest BCUT2D eigenvalue weighted by atomic mass is 35.5. The van der Waals surface area contributed by atoms with Gasteiger partial charge >= 0.3 is 0 Å². The summed E-state index contributed by atoms with van der Waals surface area (Å²) in [6.45, 7) is 1.08. The van der Waals surface area contributed by atoms with Gasteiger partial charge in [0.1, 0.15) is 5.69 Å². The van der Waals surface area contributed by atoms with Gasteiger partial charge in [-0.15, -0.1) is 0 Å². The lowest BCUT2D eigenvalue weighted by Gasteiger charge is -2.20. The van der Waals surface area contributed by atoms with Crippen molar-refractivity contribution in [2.75, 3.05) is 19.5 Å². The zero-order valence-electron chi connectivity index (χ0n) is 11.8. The number of nitrogens with zero attached hydrogens (tertiary/aromatic N) is 2. The van der Waals surface area contributed by atoms with Crippen LogP contribution in [-0.2, 0) is 11.3 Å². The Bertz CT molecular complexity index is 444. The molecule has 0 radical (unpaired) electrons. The van der Waals surface area contributed by atoms with Crippen molar-refractivity contribution in [1.82, 2.24) is 9.78 Å². The Balaban J connectivity index is 1.92. The Morgan fingerprint density at radius 1 is 1.50 bits per heavy atom. The summed E-state index contributed by atoms with van der Waals surface area (Å²) >= 11 is 7.85. The second-order valence-electron chi connectivity index (χ2n) is 5.05. The summed E-state index contributed by atoms with van der Waals surface area (Å²) in [7, 11) is 1.63. The van der Waals surface area contributed by atoms with Crippen molar-refractivity contribution in [3.63, 3.8) is 0 Å². The largest absolute Gasteiger partial charge is 0.383 e. The van der Waals surface area contributed by atoms with Crippen LogP contribution in [0.25, 0.3) is 0 Å². The van der Waals surface area contributed by atoms with Gasteiger partial charge in [-0.2, -0.15) is 16.9 Å². The van der Waals surface area contributed by atoms with E-state index in [9.17, 15) is 4.79 Å². The molecule has 1 saturated carbocycles. The molecule has 0 amide bonds. The van der Waals surface area contributed by atoms with E-state index in [0.717, 1.165) is 0 Å². The maximum Gasteiger partial charge on any atom is 0.192 e. The molecule has 20 heavy (non-hydrogen) atoms. The van der Waals surface area contributed by atoms with E-state index in [1.807, 2.05) is 0 Å². The lowest BCUT2D eigenvalue weighted by molar-refractivity contribution is 0.100. The molecule has 6 heteroatoms. The van der Waals surface area contributed by atoms with Crippen molar-refractivity contribution < 1.29 is 9.53 Å². The molecule has 1 aliphatic carbocycles. The molecule has 1 aromatic heterocycles. The molecular formula is C14H21ClN2O2S. The van der Waals surface area contributed by atoms with E-state index in [-0.39, 0.29) is 5.78 Å². The van der Waals surface area contributed by atoms with E-state index in [4.69, 9.17) is 16.3 Å². The van der Waals surface area contributed by atoms with Crippen molar-refractivity contribution in [3.8, 4) is 0 Å². The smallest absolute Gasteiger partial charge is 0.192 e. The number of aromatic nitrogens is 2. The van der Waals surface area contributed by atoms with Crippen LogP contribution in [0, 0.1) is 0 Å². The van der Waals surface area contributed by atoms with Crippen LogP contribution in [0.2, 0.25) is 5.02 Å². The molecule has 0 atom stereocenters. The van der Waals surface area contributed by atoms with Crippen molar-refractivity contribution >= 4 is 29.1 Å². The summed E-state index contributed by atoms with van der Waals surface area (Å²) in [6.07, 6.45) is 7.91. The summed E-state index contributed by atoms with van der Waals surface area (Å²) in [6, 6.07) is 0. The fourth-order valence-corrected chi connectivity index (χ4v) is 3.92. The van der Waals surface area contributed by atoms with Crippen LogP contribution < -0.4 is 0 Å². The molecule has 2 rings (SSSR count). The van der Waals surface area contributed by atoms with E-state index in [1.165, 1.54) is 38.3 Å². The third kappa shape index (κ3) is 4.24. The summed E-state index contributed by atoms with van der Waals surface area (Å²) < 4.78 is 6.67. The highest BCUT2D eigenvalue weighted by Crippen LogP contribution is 2.29. The minimum atomic E-state index is 0.0687. The first kappa shape index (κ1) is 15.9. The molecule has 0 spiro atoms. The van der Waals surface area contributed by atoms with Gasteiger partial charge in [0.15, 0.2) is 5.78 Å². The molecule has 1 aromatic rings. The SMILES string of the molecule is COCCn1ncc(Cl)c1C(=O)CSC1CCCCC1. The van der Waals surface area contributed by atoms with Gasteiger partial charge in [-0.1, -0.05) is 30.9 Å². The quantitative estimate of drug-likeness (QED) is 0.723. The normalized spacial score (nSPS) is 16.5. The predicted molar refractivity (Wildman–Crippen MR) is 82.8 cm³/mol. The van der Waals surface area contributed by atoms with Gasteiger partial charge in [0, 0.05) is 12.4 Å². The number of ketones is 1. The molecule has 1 aliphatic rings. The number of methoxy groups -OCH3 is 1. The molecule has 1 heterocycles. The average Bonchev–Trinajstić information content (AvgIpc) is 2.84. The second kappa shape index (κ2) is 8.05. The van der Waals surface area contributed by atoms with Gasteiger partial charge in [-0.05, 0) is 12.8 Å². The molecule has 4 nitrogen and oxygen atoms in total. The van der Waals surface area contributed by atoms with Crippen LogP contribution >= 0.6 is 23.4 Å². The Hall–Kier alpha value is -0.520. The molecule has 112 valence electrons. The third-order valence-electron chi connectivity index (χ3n) is 3.57. The van der Waals surface area contributed by atoms with E-state index >= 15 is 0 Å². The number of Topliss-reactive ketones (excluding diaryl/α,β-unsaturated/α-hetero) is 1. The number of carbonyl (C=O) groups is 1. The lowest BCUT2D eigenvalue weighted by atomic mass is 10.0. The summed E-state index contributed by atoms with van der Waals surface area (Å²) in [5.74, 6) is 0.558. The predicted octanol–water partition coefficient (Wildman–Crippen LogP) is 3.43. The molecule has 0 unspecified atom stereocenters. The van der Waals surface area contributed by atoms with Crippen LogP contribution in [0.1, 0.15) is 42.6 Å². The molecule has 0 N–H and O–H groups in total. The number of thioether (sulfide) groups is 1. The van der Waals surface area contributed by atoms with Crippen molar-refractivity contribution in [3.05, 3.63) is 16.9 Å². The van der Waals surface area contributed by atoms with Crippen LogP contribution in [0.3, 0.4) is 0 Å². The Labute approximate surface area is 129 Å². The first-order chi connectivity index (χ1) is 9.72. The van der Waals surface area contributed by atoms with Crippen molar-refractivity contribution in [1.29, 1.82) is 0 Å². The maximum atomic E-state index is 12.3. The topological polar surface area (TPSA) is 44.1 Å². The van der Waals surface area contributed by atoms with Crippen LogP contribution in [0.4, 0.5) is 0 Å². The number of carbonyl (C=O) groups excluding carboxylic acids is 1. The number of hydrogen-bond acceptors (Lipinski definition) is 4. The van der Waals surface area contributed by atoms with Gasteiger partial charge in [-0.3, -0.25) is 9.48 Å². The lowest BCUT2D eigenvalue weighted by Crippen LogP contribution is -2.17. The highest BCUT2D eigenvalue weighted by Gasteiger charge is 2.20. The molecule has 0 saturated heterocycles. The fourth-order valence-electron chi connectivity index (χ4n) is 2.48. The maximum absolute atomic E-state index is 12.3.